The van der Waals surface area contributed by atoms with Crippen LogP contribution < -0.4 is 4.74 Å². The molecule has 0 aliphatic heterocycles. The van der Waals surface area contributed by atoms with Gasteiger partial charge in [-0.1, -0.05) is 38.3 Å². The molecule has 0 amide bonds. The fraction of sp³-hybridized carbons (Fsp3) is 0.391. The van der Waals surface area contributed by atoms with Gasteiger partial charge in [0.2, 0.25) is 0 Å². The quantitative estimate of drug-likeness (QED) is 0.383. The summed E-state index contributed by atoms with van der Waals surface area (Å²) in [6, 6.07) is 12.4. The van der Waals surface area contributed by atoms with E-state index in [1.807, 2.05) is 24.4 Å². The van der Waals surface area contributed by atoms with E-state index in [4.69, 9.17) is 9.47 Å². The Morgan fingerprint density at radius 3 is 2.82 bits per heavy atom. The lowest BCUT2D eigenvalue weighted by Gasteiger charge is -2.14. The van der Waals surface area contributed by atoms with E-state index in [9.17, 15) is 4.79 Å². The van der Waals surface area contributed by atoms with Crippen molar-refractivity contribution < 1.29 is 14.3 Å². The van der Waals surface area contributed by atoms with Gasteiger partial charge >= 0.3 is 5.97 Å². The van der Waals surface area contributed by atoms with E-state index in [-0.39, 0.29) is 5.97 Å². The van der Waals surface area contributed by atoms with E-state index in [1.165, 1.54) is 26.4 Å². The summed E-state index contributed by atoms with van der Waals surface area (Å²) in [5.74, 6) is 0.679. The lowest BCUT2D eigenvalue weighted by atomic mass is 9.99. The molecule has 0 saturated carbocycles. The molecule has 0 aliphatic rings. The molecular weight excluding hydrogens is 352 g/mol. The van der Waals surface area contributed by atoms with Crippen LogP contribution >= 0.6 is 0 Å². The predicted octanol–water partition coefficient (Wildman–Crippen LogP) is 5.29. The minimum Gasteiger partial charge on any atom is -0.493 e. The van der Waals surface area contributed by atoms with Gasteiger partial charge < -0.3 is 9.47 Å². The average molecular weight is 380 g/mol. The van der Waals surface area contributed by atoms with E-state index in [2.05, 4.69) is 35.3 Å². The second kappa shape index (κ2) is 9.93. The molecule has 0 saturated heterocycles. The highest BCUT2D eigenvalue weighted by molar-refractivity contribution is 5.85. The third kappa shape index (κ3) is 5.12. The Kier molecular flexibility index (Phi) is 7.06. The maximum Gasteiger partial charge on any atom is 0.305 e. The van der Waals surface area contributed by atoms with Crippen LogP contribution in [-0.4, -0.2) is 29.9 Å². The fourth-order valence-electron chi connectivity index (χ4n) is 3.25. The third-order valence-electron chi connectivity index (χ3n) is 4.90. The molecule has 0 fully saturated rings. The molecule has 0 spiro atoms. The van der Waals surface area contributed by atoms with Crippen LogP contribution in [0.5, 0.6) is 5.75 Å². The summed E-state index contributed by atoms with van der Waals surface area (Å²) in [5.41, 5.74) is 4.22. The molecule has 0 atom stereocenters. The molecule has 0 radical (unpaired) electrons. The SMILES string of the molecule is CCCCCCOc1ccc(CCC(=O)OC)cc1-c1ccc2[nH]ncc2c1. The van der Waals surface area contributed by atoms with Gasteiger partial charge in [0.15, 0.2) is 0 Å². The molecule has 1 aromatic heterocycles. The first-order chi connectivity index (χ1) is 13.7. The average Bonchev–Trinajstić information content (AvgIpc) is 3.20. The summed E-state index contributed by atoms with van der Waals surface area (Å²) >= 11 is 0. The fourth-order valence-corrected chi connectivity index (χ4v) is 3.25. The van der Waals surface area contributed by atoms with Gasteiger partial charge in [0.25, 0.3) is 0 Å². The lowest BCUT2D eigenvalue weighted by molar-refractivity contribution is -0.140. The van der Waals surface area contributed by atoms with E-state index in [1.54, 1.807) is 0 Å². The third-order valence-corrected chi connectivity index (χ3v) is 4.90. The van der Waals surface area contributed by atoms with Gasteiger partial charge in [-0.3, -0.25) is 9.89 Å². The number of aromatic amines is 1. The van der Waals surface area contributed by atoms with Crippen molar-refractivity contribution in [2.45, 2.75) is 45.4 Å². The van der Waals surface area contributed by atoms with E-state index in [0.29, 0.717) is 19.4 Å². The van der Waals surface area contributed by atoms with Crippen LogP contribution in [0.15, 0.2) is 42.6 Å². The number of carbonyl (C=O) groups is 1. The first kappa shape index (κ1) is 19.9. The molecule has 0 bridgehead atoms. The number of aromatic nitrogens is 2. The monoisotopic (exact) mass is 380 g/mol. The van der Waals surface area contributed by atoms with Gasteiger partial charge in [-0.2, -0.15) is 5.10 Å². The van der Waals surface area contributed by atoms with Crippen molar-refractivity contribution in [3.05, 3.63) is 48.2 Å². The zero-order chi connectivity index (χ0) is 19.8. The molecule has 148 valence electrons. The molecule has 28 heavy (non-hydrogen) atoms. The molecule has 3 rings (SSSR count). The second-order valence-corrected chi connectivity index (χ2v) is 6.99. The number of carbonyl (C=O) groups excluding carboxylic acids is 1. The number of fused-ring (bicyclic) bond motifs is 1. The van der Waals surface area contributed by atoms with Crippen molar-refractivity contribution in [1.29, 1.82) is 0 Å². The Balaban J connectivity index is 1.84. The zero-order valence-electron chi connectivity index (χ0n) is 16.7. The number of methoxy groups -OCH3 is 1. The first-order valence-electron chi connectivity index (χ1n) is 9.97. The van der Waals surface area contributed by atoms with Crippen LogP contribution in [0.3, 0.4) is 0 Å². The van der Waals surface area contributed by atoms with Crippen molar-refractivity contribution in [3.63, 3.8) is 0 Å². The summed E-state index contributed by atoms with van der Waals surface area (Å²) in [5, 5.41) is 8.15. The van der Waals surface area contributed by atoms with Gasteiger partial charge in [0.1, 0.15) is 5.75 Å². The van der Waals surface area contributed by atoms with Crippen LogP contribution in [0.25, 0.3) is 22.0 Å². The summed E-state index contributed by atoms with van der Waals surface area (Å²) < 4.78 is 10.9. The molecular formula is C23H28N2O3. The predicted molar refractivity (Wildman–Crippen MR) is 112 cm³/mol. The first-order valence-corrected chi connectivity index (χ1v) is 9.97. The number of ether oxygens (including phenoxy) is 2. The van der Waals surface area contributed by atoms with Gasteiger partial charge in [0, 0.05) is 17.4 Å². The Morgan fingerprint density at radius 2 is 2.00 bits per heavy atom. The maximum atomic E-state index is 11.5. The summed E-state index contributed by atoms with van der Waals surface area (Å²) in [6.45, 7) is 2.92. The van der Waals surface area contributed by atoms with Gasteiger partial charge in [-0.15, -0.1) is 0 Å². The summed E-state index contributed by atoms with van der Waals surface area (Å²) in [6.07, 6.45) is 7.52. The van der Waals surface area contributed by atoms with Crippen molar-refractivity contribution in [3.8, 4) is 16.9 Å². The number of nitrogens with one attached hydrogen (secondary N) is 1. The number of unbranched alkanes of at least 4 members (excludes halogenated alkanes) is 3. The van der Waals surface area contributed by atoms with E-state index < -0.39 is 0 Å². The molecule has 0 aliphatic carbocycles. The Bertz CT molecular complexity index is 917. The molecule has 5 heteroatoms. The highest BCUT2D eigenvalue weighted by Crippen LogP contribution is 2.33. The van der Waals surface area contributed by atoms with Gasteiger partial charge in [0.05, 0.1) is 25.4 Å². The Morgan fingerprint density at radius 1 is 1.11 bits per heavy atom. The highest BCUT2D eigenvalue weighted by Gasteiger charge is 2.11. The number of esters is 1. The van der Waals surface area contributed by atoms with Crippen LogP contribution in [0.1, 0.15) is 44.6 Å². The molecule has 2 aromatic carbocycles. The number of aryl methyl sites for hydroxylation is 1. The normalized spacial score (nSPS) is 10.9. The van der Waals surface area contributed by atoms with Gasteiger partial charge in [-0.25, -0.2) is 0 Å². The van der Waals surface area contributed by atoms with Crippen molar-refractivity contribution in [2.75, 3.05) is 13.7 Å². The largest absolute Gasteiger partial charge is 0.493 e. The van der Waals surface area contributed by atoms with Crippen LogP contribution in [0, 0.1) is 0 Å². The summed E-state index contributed by atoms with van der Waals surface area (Å²) in [7, 11) is 1.42. The zero-order valence-corrected chi connectivity index (χ0v) is 16.7. The number of H-pyrrole nitrogens is 1. The Labute approximate surface area is 166 Å². The summed E-state index contributed by atoms with van der Waals surface area (Å²) in [4.78, 5) is 11.5. The maximum absolute atomic E-state index is 11.5. The highest BCUT2D eigenvalue weighted by atomic mass is 16.5. The Hall–Kier alpha value is -2.82. The van der Waals surface area contributed by atoms with Crippen LogP contribution in [0.2, 0.25) is 0 Å². The van der Waals surface area contributed by atoms with Crippen molar-refractivity contribution in [2.24, 2.45) is 0 Å². The number of nitrogens with zero attached hydrogens (tertiary/aromatic N) is 1. The minimum atomic E-state index is -0.197. The molecule has 3 aromatic rings. The molecule has 0 unspecified atom stereocenters. The van der Waals surface area contributed by atoms with Gasteiger partial charge in [-0.05, 0) is 48.2 Å². The molecule has 1 N–H and O–H groups in total. The van der Waals surface area contributed by atoms with Crippen molar-refractivity contribution in [1.82, 2.24) is 10.2 Å². The number of rotatable bonds is 10. The molecule has 1 heterocycles. The topological polar surface area (TPSA) is 64.2 Å². The lowest BCUT2D eigenvalue weighted by Crippen LogP contribution is -2.03. The number of benzene rings is 2. The van der Waals surface area contributed by atoms with Crippen molar-refractivity contribution >= 4 is 16.9 Å². The molecule has 5 nitrogen and oxygen atoms in total. The number of hydrogen-bond acceptors (Lipinski definition) is 4. The standard InChI is InChI=1S/C23H28N2O3/c1-3-4-5-6-13-28-22-11-7-17(8-12-23(26)27-2)14-20(22)18-9-10-21-19(15-18)16-24-25-21/h7,9-11,14-16H,3-6,8,12-13H2,1-2H3,(H,24,25). The second-order valence-electron chi connectivity index (χ2n) is 6.99. The minimum absolute atomic E-state index is 0.197. The van der Waals surface area contributed by atoms with Crippen LogP contribution in [0.4, 0.5) is 0 Å². The number of hydrogen-bond donors (Lipinski definition) is 1. The van der Waals surface area contributed by atoms with E-state index in [0.717, 1.165) is 39.8 Å². The van der Waals surface area contributed by atoms with Crippen LogP contribution in [-0.2, 0) is 16.0 Å². The smallest absolute Gasteiger partial charge is 0.305 e. The van der Waals surface area contributed by atoms with E-state index >= 15 is 0 Å².